The van der Waals surface area contributed by atoms with E-state index in [4.69, 9.17) is 5.26 Å². The van der Waals surface area contributed by atoms with Gasteiger partial charge in [-0.2, -0.15) is 5.26 Å². The third-order valence-corrected chi connectivity index (χ3v) is 6.53. The maximum Gasteiger partial charge on any atom is 0.237 e. The number of nitrogens with one attached hydrogen (secondary N) is 1. The largest absolute Gasteiger partial charge is 0.326 e. The number of hydrogen-bond donors (Lipinski definition) is 1. The van der Waals surface area contributed by atoms with Crippen LogP contribution in [-0.2, 0) is 9.59 Å². The lowest BCUT2D eigenvalue weighted by molar-refractivity contribution is -0.116. The molecular weight excluding hydrogens is 460 g/mol. The Labute approximate surface area is 209 Å². The van der Waals surface area contributed by atoms with Crippen molar-refractivity contribution in [3.05, 3.63) is 59.4 Å². The van der Waals surface area contributed by atoms with Crippen molar-refractivity contribution in [2.75, 3.05) is 22.5 Å². The van der Waals surface area contributed by atoms with Crippen LogP contribution in [-0.4, -0.2) is 38.9 Å². The van der Waals surface area contributed by atoms with E-state index in [1.807, 2.05) is 54.8 Å². The Morgan fingerprint density at radius 3 is 2.57 bits per heavy atom. The van der Waals surface area contributed by atoms with Gasteiger partial charge in [0, 0.05) is 30.8 Å². The Hall–Kier alpha value is -3.64. The molecule has 2 amide bonds. The Kier molecular flexibility index (Phi) is 7.51. The molecule has 180 valence electrons. The summed E-state index contributed by atoms with van der Waals surface area (Å²) in [5, 5.41) is 21.4. The zero-order valence-corrected chi connectivity index (χ0v) is 20.9. The van der Waals surface area contributed by atoms with E-state index in [1.54, 1.807) is 4.90 Å². The second kappa shape index (κ2) is 10.7. The molecular formula is C26H28N6O2S. The molecule has 0 radical (unpaired) electrons. The summed E-state index contributed by atoms with van der Waals surface area (Å²) in [4.78, 5) is 26.5. The highest BCUT2D eigenvalue weighted by molar-refractivity contribution is 7.99. The van der Waals surface area contributed by atoms with Gasteiger partial charge in [-0.25, -0.2) is 0 Å². The predicted octanol–water partition coefficient (Wildman–Crippen LogP) is 4.76. The van der Waals surface area contributed by atoms with Crippen molar-refractivity contribution in [2.45, 2.75) is 51.1 Å². The minimum atomic E-state index is -0.141. The zero-order valence-electron chi connectivity index (χ0n) is 20.1. The molecule has 1 heterocycles. The van der Waals surface area contributed by atoms with E-state index in [0.29, 0.717) is 23.3 Å². The highest BCUT2D eigenvalue weighted by Crippen LogP contribution is 2.41. The molecule has 9 heteroatoms. The minimum absolute atomic E-state index is 0.0928. The molecule has 3 aromatic rings. The van der Waals surface area contributed by atoms with Crippen LogP contribution in [0.1, 0.15) is 49.1 Å². The molecule has 0 spiro atoms. The fourth-order valence-corrected chi connectivity index (χ4v) is 4.85. The van der Waals surface area contributed by atoms with Gasteiger partial charge in [-0.1, -0.05) is 23.9 Å². The lowest BCUT2D eigenvalue weighted by Gasteiger charge is -2.22. The number of anilines is 2. The van der Waals surface area contributed by atoms with E-state index in [2.05, 4.69) is 27.6 Å². The Balaban J connectivity index is 1.59. The van der Waals surface area contributed by atoms with Crippen LogP contribution < -0.4 is 10.2 Å². The number of carbonyl (C=O) groups is 2. The first kappa shape index (κ1) is 24.5. The molecule has 2 aromatic carbocycles. The van der Waals surface area contributed by atoms with Gasteiger partial charge in [-0.15, -0.1) is 10.2 Å². The van der Waals surface area contributed by atoms with E-state index in [9.17, 15) is 9.59 Å². The number of amides is 2. The van der Waals surface area contributed by atoms with Gasteiger partial charge in [-0.3, -0.25) is 14.2 Å². The van der Waals surface area contributed by atoms with Crippen molar-refractivity contribution in [1.29, 1.82) is 5.26 Å². The Morgan fingerprint density at radius 2 is 1.91 bits per heavy atom. The van der Waals surface area contributed by atoms with E-state index < -0.39 is 0 Å². The molecule has 0 bridgehead atoms. The second-order valence-electron chi connectivity index (χ2n) is 8.77. The first-order valence-corrected chi connectivity index (χ1v) is 12.6. The molecule has 1 aliphatic carbocycles. The van der Waals surface area contributed by atoms with Gasteiger partial charge in [0.05, 0.1) is 23.9 Å². The summed E-state index contributed by atoms with van der Waals surface area (Å²) in [6, 6.07) is 15.7. The summed E-state index contributed by atoms with van der Waals surface area (Å²) in [5.74, 6) is 1.14. The molecule has 0 unspecified atom stereocenters. The molecule has 8 nitrogen and oxygen atoms in total. The minimum Gasteiger partial charge on any atom is -0.326 e. The third-order valence-electron chi connectivity index (χ3n) is 5.62. The number of rotatable bonds is 9. The predicted molar refractivity (Wildman–Crippen MR) is 137 cm³/mol. The van der Waals surface area contributed by atoms with Crippen molar-refractivity contribution >= 4 is 35.0 Å². The maximum atomic E-state index is 13.3. The van der Waals surface area contributed by atoms with E-state index in [1.165, 1.54) is 18.7 Å². The van der Waals surface area contributed by atoms with Crippen LogP contribution in [0.3, 0.4) is 0 Å². The lowest BCUT2D eigenvalue weighted by atomic mass is 10.1. The van der Waals surface area contributed by atoms with Crippen LogP contribution in [0.15, 0.2) is 47.6 Å². The fraction of sp³-hybridized carbons (Fsp3) is 0.346. The van der Waals surface area contributed by atoms with Crippen molar-refractivity contribution in [3.8, 4) is 11.8 Å². The lowest BCUT2D eigenvalue weighted by Crippen LogP contribution is -2.33. The third kappa shape index (κ3) is 6.08. The first-order valence-electron chi connectivity index (χ1n) is 11.6. The van der Waals surface area contributed by atoms with Gasteiger partial charge in [0.15, 0.2) is 5.16 Å². The summed E-state index contributed by atoms with van der Waals surface area (Å²) in [6.07, 6.45) is 2.37. The summed E-state index contributed by atoms with van der Waals surface area (Å²) in [5.41, 5.74) is 4.46. The number of thioether (sulfide) groups is 1. The van der Waals surface area contributed by atoms with Crippen molar-refractivity contribution in [2.24, 2.45) is 0 Å². The van der Waals surface area contributed by atoms with Crippen molar-refractivity contribution < 1.29 is 9.59 Å². The number of benzene rings is 2. The molecule has 1 saturated carbocycles. The van der Waals surface area contributed by atoms with Crippen LogP contribution >= 0.6 is 11.8 Å². The molecule has 1 fully saturated rings. The molecule has 0 aliphatic heterocycles. The number of aryl methyl sites for hydroxylation is 2. The average Bonchev–Trinajstić information content (AvgIpc) is 3.56. The summed E-state index contributed by atoms with van der Waals surface area (Å²) in [7, 11) is 0. The van der Waals surface area contributed by atoms with Crippen LogP contribution in [0, 0.1) is 25.2 Å². The normalized spacial score (nSPS) is 12.7. The monoisotopic (exact) mass is 488 g/mol. The highest BCUT2D eigenvalue weighted by atomic mass is 32.2. The van der Waals surface area contributed by atoms with Gasteiger partial charge in [0.25, 0.3) is 0 Å². The quantitative estimate of drug-likeness (QED) is 0.436. The van der Waals surface area contributed by atoms with E-state index in [0.717, 1.165) is 41.2 Å². The summed E-state index contributed by atoms with van der Waals surface area (Å²) >= 11 is 1.33. The van der Waals surface area contributed by atoms with Crippen molar-refractivity contribution in [1.82, 2.24) is 14.8 Å². The van der Waals surface area contributed by atoms with E-state index >= 15 is 0 Å². The van der Waals surface area contributed by atoms with Crippen LogP contribution in [0.5, 0.6) is 0 Å². The van der Waals surface area contributed by atoms with Gasteiger partial charge in [0.1, 0.15) is 5.82 Å². The number of hydrogen-bond acceptors (Lipinski definition) is 6. The molecule has 1 aliphatic rings. The molecule has 0 saturated heterocycles. The molecule has 35 heavy (non-hydrogen) atoms. The van der Waals surface area contributed by atoms with Gasteiger partial charge in [-0.05, 0) is 68.1 Å². The standard InChI is InChI=1S/C26H28N6O2S/c1-17-12-18(2)14-23(13-17)31(11-5-10-27)24(34)16-35-26-30-29-25(20-8-9-20)32(26)22-7-4-6-21(15-22)28-19(3)33/h4,6-7,12-15,20H,5,8-9,11,16H2,1-3H3,(H,28,33). The Morgan fingerprint density at radius 1 is 1.17 bits per heavy atom. The number of nitrogens with zero attached hydrogens (tertiary/aromatic N) is 5. The fourth-order valence-electron chi connectivity index (χ4n) is 4.02. The van der Waals surface area contributed by atoms with Crippen LogP contribution in [0.4, 0.5) is 11.4 Å². The zero-order chi connectivity index (χ0) is 24.9. The number of nitriles is 1. The van der Waals surface area contributed by atoms with E-state index in [-0.39, 0.29) is 24.0 Å². The van der Waals surface area contributed by atoms with Crippen LogP contribution in [0.25, 0.3) is 5.69 Å². The first-order chi connectivity index (χ1) is 16.9. The molecule has 1 aromatic heterocycles. The van der Waals surface area contributed by atoms with Crippen LogP contribution in [0.2, 0.25) is 0 Å². The summed E-state index contributed by atoms with van der Waals surface area (Å²) in [6.45, 7) is 5.80. The highest BCUT2D eigenvalue weighted by Gasteiger charge is 2.31. The molecule has 1 N–H and O–H groups in total. The van der Waals surface area contributed by atoms with Gasteiger partial charge in [0.2, 0.25) is 11.8 Å². The van der Waals surface area contributed by atoms with Gasteiger partial charge >= 0.3 is 0 Å². The molecule has 0 atom stereocenters. The number of aromatic nitrogens is 3. The number of carbonyl (C=O) groups excluding carboxylic acids is 2. The SMILES string of the molecule is CC(=O)Nc1cccc(-n2c(SCC(=O)N(CCC#N)c3cc(C)cc(C)c3)nnc2C2CC2)c1. The van der Waals surface area contributed by atoms with Crippen molar-refractivity contribution in [3.63, 3.8) is 0 Å². The molecule has 4 rings (SSSR count). The van der Waals surface area contributed by atoms with Gasteiger partial charge < -0.3 is 10.2 Å². The second-order valence-corrected chi connectivity index (χ2v) is 9.71. The smallest absolute Gasteiger partial charge is 0.237 e. The Bertz CT molecular complexity index is 1270. The summed E-state index contributed by atoms with van der Waals surface area (Å²) < 4.78 is 1.98. The average molecular weight is 489 g/mol. The maximum absolute atomic E-state index is 13.3. The topological polar surface area (TPSA) is 104 Å².